The Morgan fingerprint density at radius 2 is 1.85 bits per heavy atom. The van der Waals surface area contributed by atoms with Crippen molar-refractivity contribution in [2.24, 2.45) is 0 Å². The van der Waals surface area contributed by atoms with Crippen molar-refractivity contribution in [1.29, 1.82) is 0 Å². The number of nitrogens with zero attached hydrogens (tertiary/aromatic N) is 3. The zero-order chi connectivity index (χ0) is 27.2. The van der Waals surface area contributed by atoms with Gasteiger partial charge in [-0.3, -0.25) is 14.7 Å². The molecule has 2 aromatic heterocycles. The SMILES string of the molecule is CCOc1cc(CN2CCC(Nc3nc4c(C(=O)Nc5cccnc5)cccc4o3)CC2)cc(OCC)c1F. The van der Waals surface area contributed by atoms with Gasteiger partial charge in [-0.25, -0.2) is 0 Å². The van der Waals surface area contributed by atoms with Crippen LogP contribution >= 0.6 is 0 Å². The summed E-state index contributed by atoms with van der Waals surface area (Å²) in [5.74, 6) is -0.289. The Kier molecular flexibility index (Phi) is 8.21. The van der Waals surface area contributed by atoms with Crippen molar-refractivity contribution in [1.82, 2.24) is 14.9 Å². The molecular formula is C29H32FN5O4. The number of likely N-dealkylation sites (tertiary alicyclic amines) is 1. The van der Waals surface area contributed by atoms with Gasteiger partial charge in [0.25, 0.3) is 11.9 Å². The molecule has 4 aromatic rings. The van der Waals surface area contributed by atoms with Crippen molar-refractivity contribution >= 4 is 28.7 Å². The number of piperidine rings is 1. The van der Waals surface area contributed by atoms with Crippen LogP contribution in [0.2, 0.25) is 0 Å². The van der Waals surface area contributed by atoms with E-state index < -0.39 is 5.82 Å². The molecule has 0 aliphatic carbocycles. The van der Waals surface area contributed by atoms with Gasteiger partial charge in [0.2, 0.25) is 5.82 Å². The molecular weight excluding hydrogens is 501 g/mol. The molecule has 1 aliphatic rings. The lowest BCUT2D eigenvalue weighted by atomic mass is 10.0. The van der Waals surface area contributed by atoms with Gasteiger partial charge in [-0.05, 0) is 68.7 Å². The number of carbonyl (C=O) groups excluding carboxylic acids is 1. The number of rotatable bonds is 10. The minimum absolute atomic E-state index is 0.174. The lowest BCUT2D eigenvalue weighted by Gasteiger charge is -2.32. The number of hydrogen-bond acceptors (Lipinski definition) is 8. The van der Waals surface area contributed by atoms with E-state index >= 15 is 0 Å². The van der Waals surface area contributed by atoms with Gasteiger partial charge in [0.1, 0.15) is 5.52 Å². The first kappa shape index (κ1) is 26.4. The number of ether oxygens (including phenoxy) is 2. The molecule has 1 amide bonds. The number of nitrogens with one attached hydrogen (secondary N) is 2. The van der Waals surface area contributed by atoms with Crippen LogP contribution in [0.4, 0.5) is 16.1 Å². The molecule has 0 radical (unpaired) electrons. The molecule has 0 bridgehead atoms. The topological polar surface area (TPSA) is 102 Å². The largest absolute Gasteiger partial charge is 0.491 e. The molecule has 0 unspecified atom stereocenters. The van der Waals surface area contributed by atoms with Crippen molar-refractivity contribution in [3.63, 3.8) is 0 Å². The Bertz CT molecular complexity index is 1390. The minimum atomic E-state index is -0.457. The number of amides is 1. The number of anilines is 2. The number of para-hydroxylation sites is 1. The fourth-order valence-electron chi connectivity index (χ4n) is 4.74. The fraction of sp³-hybridized carbons (Fsp3) is 0.345. The average molecular weight is 534 g/mol. The van der Waals surface area contributed by atoms with E-state index in [2.05, 4.69) is 25.5 Å². The highest BCUT2D eigenvalue weighted by atomic mass is 19.1. The molecule has 2 N–H and O–H groups in total. The van der Waals surface area contributed by atoms with Crippen molar-refractivity contribution < 1.29 is 23.1 Å². The maximum absolute atomic E-state index is 14.6. The minimum Gasteiger partial charge on any atom is -0.491 e. The molecule has 0 atom stereocenters. The smallest absolute Gasteiger partial charge is 0.295 e. The van der Waals surface area contributed by atoms with Crippen LogP contribution in [0.25, 0.3) is 11.1 Å². The molecule has 1 fully saturated rings. The van der Waals surface area contributed by atoms with Crippen molar-refractivity contribution in [2.45, 2.75) is 39.3 Å². The molecule has 0 saturated carbocycles. The summed E-state index contributed by atoms with van der Waals surface area (Å²) in [6.07, 6.45) is 5.00. The molecule has 1 aliphatic heterocycles. The van der Waals surface area contributed by atoms with Crippen LogP contribution in [0.5, 0.6) is 11.5 Å². The number of hydrogen-bond donors (Lipinski definition) is 2. The summed E-state index contributed by atoms with van der Waals surface area (Å²) < 4.78 is 31.5. The summed E-state index contributed by atoms with van der Waals surface area (Å²) in [6.45, 7) is 6.80. The molecule has 9 nitrogen and oxygen atoms in total. The van der Waals surface area contributed by atoms with Crippen LogP contribution in [0.1, 0.15) is 42.6 Å². The van der Waals surface area contributed by atoms with Gasteiger partial charge in [-0.2, -0.15) is 9.37 Å². The number of oxazole rings is 1. The van der Waals surface area contributed by atoms with Crippen molar-refractivity contribution in [2.75, 3.05) is 36.9 Å². The highest BCUT2D eigenvalue weighted by Gasteiger charge is 2.23. The summed E-state index contributed by atoms with van der Waals surface area (Å²) in [5, 5.41) is 6.24. The fourth-order valence-corrected chi connectivity index (χ4v) is 4.74. The van der Waals surface area contributed by atoms with E-state index in [9.17, 15) is 9.18 Å². The third kappa shape index (κ3) is 6.28. The van der Waals surface area contributed by atoms with Crippen LogP contribution in [-0.2, 0) is 6.54 Å². The van der Waals surface area contributed by atoms with Gasteiger partial charge in [0, 0.05) is 31.9 Å². The normalized spacial score (nSPS) is 14.3. The summed E-state index contributed by atoms with van der Waals surface area (Å²) in [4.78, 5) is 23.8. The Labute approximate surface area is 226 Å². The summed E-state index contributed by atoms with van der Waals surface area (Å²) >= 11 is 0. The van der Waals surface area contributed by atoms with Gasteiger partial charge in [-0.15, -0.1) is 0 Å². The molecule has 10 heteroatoms. The first-order valence-electron chi connectivity index (χ1n) is 13.2. The molecule has 0 spiro atoms. The van der Waals surface area contributed by atoms with Crippen LogP contribution in [0.3, 0.4) is 0 Å². The molecule has 39 heavy (non-hydrogen) atoms. The van der Waals surface area contributed by atoms with E-state index in [0.717, 1.165) is 31.5 Å². The van der Waals surface area contributed by atoms with Crippen LogP contribution < -0.4 is 20.1 Å². The Morgan fingerprint density at radius 3 is 2.51 bits per heavy atom. The summed E-state index contributed by atoms with van der Waals surface area (Å²) in [6, 6.07) is 12.9. The quantitative estimate of drug-likeness (QED) is 0.276. The van der Waals surface area contributed by atoms with E-state index in [1.54, 1.807) is 54.9 Å². The molecule has 3 heterocycles. The molecule has 2 aromatic carbocycles. The predicted molar refractivity (Wildman–Crippen MR) is 147 cm³/mol. The van der Waals surface area contributed by atoms with Crippen LogP contribution in [0, 0.1) is 5.82 Å². The highest BCUT2D eigenvalue weighted by Crippen LogP contribution is 2.31. The standard InChI is InChI=1S/C29H32FN5O4/c1-3-37-24-15-19(16-25(26(24)30)38-4-2)18-35-13-10-20(11-14-35)33-29-34-27-22(8-5-9-23(27)39-29)28(36)32-21-7-6-12-31-17-21/h5-9,12,15-17,20H,3-4,10-11,13-14,18H2,1-2H3,(H,32,36)(H,33,34). The molecule has 5 rings (SSSR count). The van der Waals surface area contributed by atoms with E-state index in [1.807, 2.05) is 13.8 Å². The van der Waals surface area contributed by atoms with E-state index in [4.69, 9.17) is 13.9 Å². The number of benzene rings is 2. The summed E-state index contributed by atoms with van der Waals surface area (Å²) in [7, 11) is 0. The maximum Gasteiger partial charge on any atom is 0.295 e. The number of carbonyl (C=O) groups is 1. The van der Waals surface area contributed by atoms with Gasteiger partial charge in [0.15, 0.2) is 17.1 Å². The van der Waals surface area contributed by atoms with Crippen molar-refractivity contribution in [3.8, 4) is 11.5 Å². The maximum atomic E-state index is 14.6. The van der Waals surface area contributed by atoms with Gasteiger partial charge in [0.05, 0.1) is 30.7 Å². The Balaban J connectivity index is 1.21. The monoisotopic (exact) mass is 533 g/mol. The van der Waals surface area contributed by atoms with Gasteiger partial charge in [-0.1, -0.05) is 6.07 Å². The lowest BCUT2D eigenvalue weighted by Crippen LogP contribution is -2.38. The first-order valence-corrected chi connectivity index (χ1v) is 13.2. The summed E-state index contributed by atoms with van der Waals surface area (Å²) in [5.41, 5.74) is 3.04. The second-order valence-corrected chi connectivity index (χ2v) is 9.33. The van der Waals surface area contributed by atoms with E-state index in [0.29, 0.717) is 48.1 Å². The van der Waals surface area contributed by atoms with Crippen LogP contribution in [0.15, 0.2) is 59.3 Å². The average Bonchev–Trinajstić information content (AvgIpc) is 3.35. The van der Waals surface area contributed by atoms with E-state index in [1.165, 1.54) is 0 Å². The van der Waals surface area contributed by atoms with Gasteiger partial charge < -0.3 is 24.5 Å². The number of fused-ring (bicyclic) bond motifs is 1. The lowest BCUT2D eigenvalue weighted by molar-refractivity contribution is 0.102. The predicted octanol–water partition coefficient (Wildman–Crippen LogP) is 5.49. The molecule has 204 valence electrons. The number of halogens is 1. The number of pyridine rings is 1. The second kappa shape index (κ2) is 12.1. The highest BCUT2D eigenvalue weighted by molar-refractivity contribution is 6.11. The zero-order valence-electron chi connectivity index (χ0n) is 22.1. The zero-order valence-corrected chi connectivity index (χ0v) is 22.1. The Hall–Kier alpha value is -4.18. The third-order valence-corrected chi connectivity index (χ3v) is 6.57. The number of aromatic nitrogens is 2. The van der Waals surface area contributed by atoms with Gasteiger partial charge >= 0.3 is 0 Å². The van der Waals surface area contributed by atoms with E-state index in [-0.39, 0.29) is 23.4 Å². The first-order chi connectivity index (χ1) is 19.0. The third-order valence-electron chi connectivity index (χ3n) is 6.57. The second-order valence-electron chi connectivity index (χ2n) is 9.33. The Morgan fingerprint density at radius 1 is 1.10 bits per heavy atom. The van der Waals surface area contributed by atoms with Crippen LogP contribution in [-0.4, -0.2) is 53.1 Å². The van der Waals surface area contributed by atoms with Crippen molar-refractivity contribution in [3.05, 3.63) is 71.8 Å². The molecule has 1 saturated heterocycles.